The monoisotopic (exact) mass is 293 g/mol. The van der Waals surface area contributed by atoms with Crippen molar-refractivity contribution >= 4 is 20.9 Å². The van der Waals surface area contributed by atoms with E-state index in [-0.39, 0.29) is 6.54 Å². The predicted octanol–water partition coefficient (Wildman–Crippen LogP) is 1.26. The lowest BCUT2D eigenvalue weighted by atomic mass is 10.1. The zero-order valence-corrected chi connectivity index (χ0v) is 12.4. The van der Waals surface area contributed by atoms with E-state index in [0.29, 0.717) is 6.54 Å². The van der Waals surface area contributed by atoms with Gasteiger partial charge in [0.2, 0.25) is 10.0 Å². The summed E-state index contributed by atoms with van der Waals surface area (Å²) in [5.41, 5.74) is 1.71. The molecule has 108 valence electrons. The maximum atomic E-state index is 12.1. The lowest BCUT2D eigenvalue weighted by Gasteiger charge is -2.14. The third kappa shape index (κ3) is 3.33. The van der Waals surface area contributed by atoms with Crippen molar-refractivity contribution in [1.29, 1.82) is 0 Å². The number of aromatic nitrogens is 1. The molecule has 1 heterocycles. The second-order valence-electron chi connectivity index (χ2n) is 4.73. The molecular weight excluding hydrogens is 274 g/mol. The molecule has 0 aliphatic carbocycles. The number of sulfonamides is 1. The van der Waals surface area contributed by atoms with Gasteiger partial charge in [0, 0.05) is 24.7 Å². The topological polar surface area (TPSA) is 71.1 Å². The smallest absolute Gasteiger partial charge is 0.215 e. The summed E-state index contributed by atoms with van der Waals surface area (Å²) in [6.45, 7) is 2.36. The third-order valence-electron chi connectivity index (χ3n) is 3.20. The fourth-order valence-corrected chi connectivity index (χ4v) is 3.06. The van der Waals surface area contributed by atoms with E-state index in [1.165, 1.54) is 0 Å². The fourth-order valence-electron chi connectivity index (χ4n) is 2.03. The van der Waals surface area contributed by atoms with Crippen LogP contribution < -0.4 is 10.0 Å². The quantitative estimate of drug-likeness (QED) is 0.841. The van der Waals surface area contributed by atoms with E-state index < -0.39 is 15.3 Å². The molecule has 1 aromatic carbocycles. The number of para-hydroxylation sites is 1. The SMILES string of the molecule is CNCC(C)S(=O)(=O)NCc1cccc2cccnc12. The van der Waals surface area contributed by atoms with Gasteiger partial charge in [-0.2, -0.15) is 0 Å². The molecule has 0 spiro atoms. The second-order valence-corrected chi connectivity index (χ2v) is 6.91. The van der Waals surface area contributed by atoms with Crippen molar-refractivity contribution in [3.05, 3.63) is 42.1 Å². The van der Waals surface area contributed by atoms with Gasteiger partial charge in [-0.3, -0.25) is 4.98 Å². The Bertz CT molecular complexity index is 680. The molecule has 0 radical (unpaired) electrons. The summed E-state index contributed by atoms with van der Waals surface area (Å²) in [4.78, 5) is 4.32. The lowest BCUT2D eigenvalue weighted by molar-refractivity contribution is 0.563. The van der Waals surface area contributed by atoms with Crippen molar-refractivity contribution in [2.75, 3.05) is 13.6 Å². The normalized spacial score (nSPS) is 13.5. The van der Waals surface area contributed by atoms with E-state index in [9.17, 15) is 8.42 Å². The Morgan fingerprint density at radius 3 is 2.75 bits per heavy atom. The van der Waals surface area contributed by atoms with E-state index in [2.05, 4.69) is 15.0 Å². The maximum absolute atomic E-state index is 12.1. The predicted molar refractivity (Wildman–Crippen MR) is 80.9 cm³/mol. The Morgan fingerprint density at radius 1 is 1.25 bits per heavy atom. The van der Waals surface area contributed by atoms with E-state index in [1.54, 1.807) is 20.2 Å². The van der Waals surface area contributed by atoms with Crippen LogP contribution in [-0.4, -0.2) is 32.2 Å². The van der Waals surface area contributed by atoms with Crippen LogP contribution in [-0.2, 0) is 16.6 Å². The molecule has 0 amide bonds. The molecule has 5 nitrogen and oxygen atoms in total. The first-order valence-electron chi connectivity index (χ1n) is 6.50. The molecule has 0 aliphatic rings. The minimum Gasteiger partial charge on any atom is -0.318 e. The van der Waals surface area contributed by atoms with Crippen LogP contribution in [0.5, 0.6) is 0 Å². The van der Waals surface area contributed by atoms with E-state index in [4.69, 9.17) is 0 Å². The summed E-state index contributed by atoms with van der Waals surface area (Å²) in [7, 11) is -1.59. The number of hydrogen-bond acceptors (Lipinski definition) is 4. The first-order chi connectivity index (χ1) is 9.54. The highest BCUT2D eigenvalue weighted by Crippen LogP contribution is 2.16. The van der Waals surface area contributed by atoms with Gasteiger partial charge in [-0.05, 0) is 25.6 Å². The van der Waals surface area contributed by atoms with Crippen LogP contribution in [0, 0.1) is 0 Å². The first kappa shape index (κ1) is 14.9. The van der Waals surface area contributed by atoms with Crippen molar-refractivity contribution < 1.29 is 8.42 Å². The average Bonchev–Trinajstić information content (AvgIpc) is 2.45. The van der Waals surface area contributed by atoms with Gasteiger partial charge in [0.25, 0.3) is 0 Å². The molecular formula is C14H19N3O2S. The van der Waals surface area contributed by atoms with E-state index in [0.717, 1.165) is 16.5 Å². The van der Waals surface area contributed by atoms with Gasteiger partial charge in [0.05, 0.1) is 10.8 Å². The minimum atomic E-state index is -3.33. The zero-order chi connectivity index (χ0) is 14.6. The Hall–Kier alpha value is -1.50. The molecule has 20 heavy (non-hydrogen) atoms. The molecule has 1 atom stereocenters. The molecule has 0 bridgehead atoms. The molecule has 2 N–H and O–H groups in total. The number of rotatable bonds is 6. The van der Waals surface area contributed by atoms with Gasteiger partial charge in [-0.15, -0.1) is 0 Å². The van der Waals surface area contributed by atoms with Gasteiger partial charge >= 0.3 is 0 Å². The highest BCUT2D eigenvalue weighted by atomic mass is 32.2. The number of fused-ring (bicyclic) bond motifs is 1. The van der Waals surface area contributed by atoms with Crippen LogP contribution in [0.1, 0.15) is 12.5 Å². The Balaban J connectivity index is 2.17. The highest BCUT2D eigenvalue weighted by Gasteiger charge is 2.19. The summed E-state index contributed by atoms with van der Waals surface area (Å²) in [6.07, 6.45) is 1.71. The molecule has 0 saturated heterocycles. The summed E-state index contributed by atoms with van der Waals surface area (Å²) >= 11 is 0. The minimum absolute atomic E-state index is 0.255. The molecule has 6 heteroatoms. The third-order valence-corrected chi connectivity index (χ3v) is 4.97. The highest BCUT2D eigenvalue weighted by molar-refractivity contribution is 7.90. The van der Waals surface area contributed by atoms with Gasteiger partial charge in [-0.1, -0.05) is 24.3 Å². The molecule has 0 fully saturated rings. The van der Waals surface area contributed by atoms with E-state index in [1.807, 2.05) is 30.3 Å². The van der Waals surface area contributed by atoms with Gasteiger partial charge in [-0.25, -0.2) is 13.1 Å². The van der Waals surface area contributed by atoms with Crippen molar-refractivity contribution in [2.45, 2.75) is 18.7 Å². The number of nitrogens with zero attached hydrogens (tertiary/aromatic N) is 1. The second kappa shape index (κ2) is 6.30. The molecule has 0 saturated carbocycles. The van der Waals surface area contributed by atoms with Crippen LogP contribution in [0.3, 0.4) is 0 Å². The van der Waals surface area contributed by atoms with Crippen LogP contribution in [0.15, 0.2) is 36.5 Å². The molecule has 0 aliphatic heterocycles. The standard InChI is InChI=1S/C14H19N3O2S/c1-11(9-15-2)20(18,19)17-10-13-6-3-5-12-7-4-8-16-14(12)13/h3-8,11,15,17H,9-10H2,1-2H3. The maximum Gasteiger partial charge on any atom is 0.215 e. The lowest BCUT2D eigenvalue weighted by Crippen LogP contribution is -2.37. The van der Waals surface area contributed by atoms with Crippen LogP contribution >= 0.6 is 0 Å². The summed E-state index contributed by atoms with van der Waals surface area (Å²) in [5, 5.41) is 3.40. The fraction of sp³-hybridized carbons (Fsp3) is 0.357. The number of hydrogen-bond donors (Lipinski definition) is 2. The van der Waals surface area contributed by atoms with Gasteiger partial charge < -0.3 is 5.32 Å². The van der Waals surface area contributed by atoms with Gasteiger partial charge in [0.1, 0.15) is 0 Å². The molecule has 2 aromatic rings. The van der Waals surface area contributed by atoms with Crippen LogP contribution in [0.4, 0.5) is 0 Å². The van der Waals surface area contributed by atoms with Crippen molar-refractivity contribution in [3.63, 3.8) is 0 Å². The van der Waals surface area contributed by atoms with Crippen molar-refractivity contribution in [2.24, 2.45) is 0 Å². The van der Waals surface area contributed by atoms with Crippen molar-refractivity contribution in [3.8, 4) is 0 Å². The van der Waals surface area contributed by atoms with Crippen LogP contribution in [0.2, 0.25) is 0 Å². The zero-order valence-electron chi connectivity index (χ0n) is 11.6. The molecule has 1 aromatic heterocycles. The number of pyridine rings is 1. The summed E-state index contributed by atoms with van der Waals surface area (Å²) in [5.74, 6) is 0. The Morgan fingerprint density at radius 2 is 2.00 bits per heavy atom. The largest absolute Gasteiger partial charge is 0.318 e. The summed E-state index contributed by atoms with van der Waals surface area (Å²) in [6, 6.07) is 9.59. The average molecular weight is 293 g/mol. The Labute approximate surface area is 119 Å². The first-order valence-corrected chi connectivity index (χ1v) is 8.05. The molecule has 1 unspecified atom stereocenters. The number of nitrogens with one attached hydrogen (secondary N) is 2. The van der Waals surface area contributed by atoms with Crippen LogP contribution in [0.25, 0.3) is 10.9 Å². The van der Waals surface area contributed by atoms with Gasteiger partial charge in [0.15, 0.2) is 0 Å². The Kier molecular flexibility index (Phi) is 4.69. The van der Waals surface area contributed by atoms with E-state index >= 15 is 0 Å². The molecule has 2 rings (SSSR count). The van der Waals surface area contributed by atoms with Crippen molar-refractivity contribution in [1.82, 2.24) is 15.0 Å². The summed E-state index contributed by atoms with van der Waals surface area (Å²) < 4.78 is 26.8. The number of benzene rings is 1.